The maximum absolute atomic E-state index is 12.9. The van der Waals surface area contributed by atoms with Crippen LogP contribution in [0.4, 0.5) is 35.1 Å². The van der Waals surface area contributed by atoms with Crippen molar-refractivity contribution in [3.8, 4) is 0 Å². The molecule has 0 bridgehead atoms. The number of halogens is 8. The fourth-order valence-corrected chi connectivity index (χ4v) is 1.27. The van der Waals surface area contributed by atoms with Crippen LogP contribution in [0.3, 0.4) is 0 Å². The van der Waals surface area contributed by atoms with Crippen LogP contribution < -0.4 is 5.73 Å². The molecule has 0 heterocycles. The first-order valence-corrected chi connectivity index (χ1v) is 4.74. The summed E-state index contributed by atoms with van der Waals surface area (Å²) >= 11 is 0. The summed E-state index contributed by atoms with van der Waals surface area (Å²) in [5.41, 5.74) is 2.86. The third-order valence-corrected chi connectivity index (χ3v) is 2.37. The summed E-state index contributed by atoms with van der Waals surface area (Å²) in [5, 5.41) is 0. The lowest BCUT2D eigenvalue weighted by molar-refractivity contribution is -0.291. The topological polar surface area (TPSA) is 26.0 Å². The number of hydrogen-bond acceptors (Lipinski definition) is 1. The fraction of sp³-hybridized carbons (Fsp3) is 0.400. The van der Waals surface area contributed by atoms with E-state index in [1.165, 1.54) is 0 Å². The van der Waals surface area contributed by atoms with Crippen molar-refractivity contribution in [2.24, 2.45) is 5.73 Å². The van der Waals surface area contributed by atoms with E-state index in [1.54, 1.807) is 0 Å². The molecule has 1 aromatic rings. The van der Waals surface area contributed by atoms with Crippen LogP contribution in [0, 0.1) is 0 Å². The Kier molecular flexibility index (Phi) is 3.81. The third kappa shape index (κ3) is 3.14. The predicted octanol–water partition coefficient (Wildman–Crippen LogP) is 3.90. The van der Waals surface area contributed by atoms with Crippen molar-refractivity contribution in [1.29, 1.82) is 0 Å². The van der Waals surface area contributed by atoms with Crippen LogP contribution in [0.5, 0.6) is 0 Å². The van der Waals surface area contributed by atoms with Gasteiger partial charge >= 0.3 is 18.3 Å². The Balaban J connectivity index is 3.06. The minimum atomic E-state index is -5.88. The number of rotatable bonds is 2. The Labute approximate surface area is 102 Å². The van der Waals surface area contributed by atoms with Gasteiger partial charge in [-0.15, -0.1) is 0 Å². The minimum absolute atomic E-state index is 0.391. The van der Waals surface area contributed by atoms with E-state index in [2.05, 4.69) is 0 Å². The van der Waals surface area contributed by atoms with E-state index in [0.717, 1.165) is 0 Å². The zero-order valence-electron chi connectivity index (χ0n) is 8.99. The quantitative estimate of drug-likeness (QED) is 0.822. The van der Waals surface area contributed by atoms with Gasteiger partial charge in [-0.3, -0.25) is 0 Å². The van der Waals surface area contributed by atoms with Gasteiger partial charge < -0.3 is 5.73 Å². The Hall–Kier alpha value is -1.38. The lowest BCUT2D eigenvalue weighted by atomic mass is 9.99. The van der Waals surface area contributed by atoms with Gasteiger partial charge in [-0.25, -0.2) is 0 Å². The lowest BCUT2D eigenvalue weighted by Gasteiger charge is -2.26. The van der Waals surface area contributed by atoms with Crippen molar-refractivity contribution in [1.82, 2.24) is 0 Å². The molecule has 9 heteroatoms. The summed E-state index contributed by atoms with van der Waals surface area (Å²) < 4.78 is 98.4. The number of alkyl halides is 8. The van der Waals surface area contributed by atoms with Crippen molar-refractivity contribution < 1.29 is 35.1 Å². The molecule has 0 spiro atoms. The standard InChI is InChI=1S/C10H7F8N/c11-8(12,10(16,17)18)7(19)5-1-3-6(4-2-5)9(13,14)15/h1-4,7H,19H2/t7-/m1/s1. The highest BCUT2D eigenvalue weighted by Crippen LogP contribution is 2.43. The highest BCUT2D eigenvalue weighted by atomic mass is 19.4. The summed E-state index contributed by atoms with van der Waals surface area (Å²) in [6.07, 6.45) is -10.6. The molecule has 0 aliphatic rings. The molecule has 1 nitrogen and oxygen atoms in total. The molecule has 0 fully saturated rings. The maximum atomic E-state index is 12.9. The molecule has 1 aromatic carbocycles. The van der Waals surface area contributed by atoms with Gasteiger partial charge in [0, 0.05) is 0 Å². The molecule has 0 amide bonds. The average Bonchev–Trinajstić information content (AvgIpc) is 2.25. The molecule has 108 valence electrons. The van der Waals surface area contributed by atoms with E-state index < -0.39 is 35.4 Å². The summed E-state index contributed by atoms with van der Waals surface area (Å²) in [5.74, 6) is -5.23. The molecule has 2 N–H and O–H groups in total. The van der Waals surface area contributed by atoms with Crippen molar-refractivity contribution in [3.63, 3.8) is 0 Å². The van der Waals surface area contributed by atoms with Crippen LogP contribution in [0.25, 0.3) is 0 Å². The third-order valence-electron chi connectivity index (χ3n) is 2.37. The van der Waals surface area contributed by atoms with Crippen LogP contribution in [-0.2, 0) is 6.18 Å². The fourth-order valence-electron chi connectivity index (χ4n) is 1.27. The van der Waals surface area contributed by atoms with Crippen LogP contribution >= 0.6 is 0 Å². The van der Waals surface area contributed by atoms with Gasteiger partial charge in [0.25, 0.3) is 0 Å². The zero-order chi connectivity index (χ0) is 15.1. The van der Waals surface area contributed by atoms with Gasteiger partial charge in [-0.05, 0) is 17.7 Å². The second-order valence-electron chi connectivity index (χ2n) is 3.72. The zero-order valence-corrected chi connectivity index (χ0v) is 8.99. The maximum Gasteiger partial charge on any atom is 0.455 e. The molecule has 0 radical (unpaired) electrons. The summed E-state index contributed by atoms with van der Waals surface area (Å²) in [7, 11) is 0. The van der Waals surface area contributed by atoms with E-state index >= 15 is 0 Å². The molecular weight excluding hydrogens is 286 g/mol. The highest BCUT2D eigenvalue weighted by molar-refractivity contribution is 5.28. The van der Waals surface area contributed by atoms with Gasteiger partial charge in [0.15, 0.2) is 0 Å². The second-order valence-corrected chi connectivity index (χ2v) is 3.72. The molecular formula is C10H7F8N. The molecule has 0 aliphatic carbocycles. The van der Waals surface area contributed by atoms with E-state index in [0.29, 0.717) is 24.3 Å². The molecule has 19 heavy (non-hydrogen) atoms. The Morgan fingerprint density at radius 3 is 1.53 bits per heavy atom. The van der Waals surface area contributed by atoms with E-state index in [4.69, 9.17) is 5.73 Å². The molecule has 1 atom stereocenters. The first-order chi connectivity index (χ1) is 8.37. The summed E-state index contributed by atoms with van der Waals surface area (Å²) in [4.78, 5) is 0. The second kappa shape index (κ2) is 4.62. The first kappa shape index (κ1) is 15.7. The first-order valence-electron chi connectivity index (χ1n) is 4.74. The average molecular weight is 293 g/mol. The van der Waals surface area contributed by atoms with Crippen LogP contribution in [0.1, 0.15) is 17.2 Å². The largest absolute Gasteiger partial charge is 0.455 e. The smallest absolute Gasteiger partial charge is 0.319 e. The predicted molar refractivity (Wildman–Crippen MR) is 49.4 cm³/mol. The minimum Gasteiger partial charge on any atom is -0.319 e. The molecule has 0 unspecified atom stereocenters. The van der Waals surface area contributed by atoms with E-state index in [9.17, 15) is 35.1 Å². The van der Waals surface area contributed by atoms with E-state index in [1.807, 2.05) is 0 Å². The van der Waals surface area contributed by atoms with Crippen molar-refractivity contribution in [3.05, 3.63) is 35.4 Å². The van der Waals surface area contributed by atoms with Gasteiger partial charge in [0.1, 0.15) is 6.04 Å². The van der Waals surface area contributed by atoms with Gasteiger partial charge in [0.2, 0.25) is 0 Å². The van der Waals surface area contributed by atoms with Gasteiger partial charge in [-0.2, -0.15) is 35.1 Å². The summed E-state index contributed by atoms with van der Waals surface area (Å²) in [6.45, 7) is 0. The van der Waals surface area contributed by atoms with Crippen molar-refractivity contribution >= 4 is 0 Å². The monoisotopic (exact) mass is 293 g/mol. The molecule has 1 rings (SSSR count). The van der Waals surface area contributed by atoms with Crippen molar-refractivity contribution in [2.45, 2.75) is 24.3 Å². The molecule has 0 saturated carbocycles. The van der Waals surface area contributed by atoms with Crippen LogP contribution in [-0.4, -0.2) is 12.1 Å². The van der Waals surface area contributed by atoms with Crippen LogP contribution in [0.15, 0.2) is 24.3 Å². The number of hydrogen-bond donors (Lipinski definition) is 1. The molecule has 0 aliphatic heterocycles. The van der Waals surface area contributed by atoms with Gasteiger partial charge in [0.05, 0.1) is 5.56 Å². The van der Waals surface area contributed by atoms with Crippen LogP contribution in [0.2, 0.25) is 0 Å². The number of nitrogens with two attached hydrogens (primary N) is 1. The Bertz CT molecular complexity index is 430. The normalized spacial score (nSPS) is 15.4. The number of benzene rings is 1. The van der Waals surface area contributed by atoms with Gasteiger partial charge in [-0.1, -0.05) is 12.1 Å². The Morgan fingerprint density at radius 2 is 1.21 bits per heavy atom. The highest BCUT2D eigenvalue weighted by Gasteiger charge is 2.61. The SMILES string of the molecule is N[C@H](c1ccc(C(F)(F)F)cc1)C(F)(F)C(F)(F)F. The Morgan fingerprint density at radius 1 is 0.789 bits per heavy atom. The van der Waals surface area contributed by atoms with E-state index in [-0.39, 0.29) is 0 Å². The molecule has 0 saturated heterocycles. The summed E-state index contributed by atoms with van der Waals surface area (Å²) in [6, 6.07) is -1.00. The van der Waals surface area contributed by atoms with Crippen molar-refractivity contribution in [2.75, 3.05) is 0 Å². The lowest BCUT2D eigenvalue weighted by Crippen LogP contribution is -2.45. The molecule has 0 aromatic heterocycles.